The van der Waals surface area contributed by atoms with Crippen LogP contribution in [0.2, 0.25) is 0 Å². The lowest BCUT2D eigenvalue weighted by Crippen LogP contribution is -2.44. The zero-order valence-corrected chi connectivity index (χ0v) is 30.0. The molecule has 1 heterocycles. The summed E-state index contributed by atoms with van der Waals surface area (Å²) in [5.41, 5.74) is 7.65. The maximum absolute atomic E-state index is 14.3. The van der Waals surface area contributed by atoms with E-state index in [1.54, 1.807) is 0 Å². The number of halogens is 1. The minimum absolute atomic E-state index is 0.131. The molecule has 3 aromatic carbocycles. The van der Waals surface area contributed by atoms with Crippen molar-refractivity contribution < 1.29 is 19.1 Å². The van der Waals surface area contributed by atoms with E-state index in [9.17, 15) is 9.59 Å². The van der Waals surface area contributed by atoms with E-state index in [1.807, 2.05) is 25.1 Å². The molecule has 0 amide bonds. The van der Waals surface area contributed by atoms with Gasteiger partial charge in [-0.1, -0.05) is 87.9 Å². The topological polar surface area (TPSA) is 55.8 Å². The molecule has 0 aromatic heterocycles. The SMILES string of the molecule is CCOc1cc(C2C3=C(CC(C)(C)CC3=O)N(Cc3ccccc3)C3=C2C(=O)CC(C)(C)C3)cc(I)c1OCc1cccc(C)c1. The summed E-state index contributed by atoms with van der Waals surface area (Å²) < 4.78 is 13.5. The van der Waals surface area contributed by atoms with E-state index >= 15 is 0 Å². The smallest absolute Gasteiger partial charge is 0.174 e. The van der Waals surface area contributed by atoms with Gasteiger partial charge in [0.25, 0.3) is 0 Å². The second-order valence-electron chi connectivity index (χ2n) is 14.6. The van der Waals surface area contributed by atoms with Crippen molar-refractivity contribution in [3.05, 3.63) is 115 Å². The van der Waals surface area contributed by atoms with Crippen LogP contribution in [0.25, 0.3) is 0 Å². The third-order valence-electron chi connectivity index (χ3n) is 9.34. The number of ketones is 2. The molecule has 46 heavy (non-hydrogen) atoms. The second-order valence-corrected chi connectivity index (χ2v) is 15.8. The van der Waals surface area contributed by atoms with Crippen LogP contribution in [0.1, 0.15) is 88.5 Å². The molecule has 6 rings (SSSR count). The standard InChI is InChI=1S/C40H44INO4/c1-7-45-34-18-28(17-29(41)38(34)46-24-27-15-11-12-25(2)16-27)35-36-30(19-39(3,4)21-32(36)43)42(23-26-13-9-8-10-14-26)31-20-40(5,6)22-33(44)37(31)35/h8-18,35H,7,19-24H2,1-6H3. The van der Waals surface area contributed by atoms with Crippen LogP contribution in [-0.4, -0.2) is 23.1 Å². The Labute approximate surface area is 287 Å². The Morgan fingerprint density at radius 2 is 1.39 bits per heavy atom. The van der Waals surface area contributed by atoms with Crippen molar-refractivity contribution in [1.29, 1.82) is 0 Å². The fourth-order valence-corrected chi connectivity index (χ4v) is 8.23. The summed E-state index contributed by atoms with van der Waals surface area (Å²) in [6.07, 6.45) is 2.46. The number of benzene rings is 3. The van der Waals surface area contributed by atoms with Gasteiger partial charge < -0.3 is 14.4 Å². The van der Waals surface area contributed by atoms with E-state index < -0.39 is 5.92 Å². The molecule has 2 aliphatic carbocycles. The Bertz CT molecular complexity index is 1700. The summed E-state index contributed by atoms with van der Waals surface area (Å²) in [5, 5.41) is 0. The first-order chi connectivity index (χ1) is 21.9. The van der Waals surface area contributed by atoms with Crippen molar-refractivity contribution in [2.24, 2.45) is 10.8 Å². The van der Waals surface area contributed by atoms with E-state index in [0.717, 1.165) is 55.6 Å². The van der Waals surface area contributed by atoms with E-state index in [-0.39, 0.29) is 22.4 Å². The summed E-state index contributed by atoms with van der Waals surface area (Å²) in [6, 6.07) is 22.8. The van der Waals surface area contributed by atoms with Crippen LogP contribution < -0.4 is 9.47 Å². The van der Waals surface area contributed by atoms with Crippen LogP contribution in [0.3, 0.4) is 0 Å². The monoisotopic (exact) mass is 729 g/mol. The Morgan fingerprint density at radius 1 is 0.783 bits per heavy atom. The molecule has 0 radical (unpaired) electrons. The summed E-state index contributed by atoms with van der Waals surface area (Å²) in [6.45, 7) is 14.3. The number of carbonyl (C=O) groups excluding carboxylic acids is 2. The van der Waals surface area contributed by atoms with Gasteiger partial charge in [0.15, 0.2) is 23.1 Å². The van der Waals surface area contributed by atoms with Gasteiger partial charge >= 0.3 is 0 Å². The van der Waals surface area contributed by atoms with Gasteiger partial charge in [-0.3, -0.25) is 9.59 Å². The lowest BCUT2D eigenvalue weighted by molar-refractivity contribution is -0.119. The predicted octanol–water partition coefficient (Wildman–Crippen LogP) is 9.46. The van der Waals surface area contributed by atoms with Crippen LogP contribution in [0, 0.1) is 21.3 Å². The average Bonchev–Trinajstić information content (AvgIpc) is 2.97. The van der Waals surface area contributed by atoms with Crippen LogP contribution in [0.4, 0.5) is 0 Å². The van der Waals surface area contributed by atoms with Crippen molar-refractivity contribution in [1.82, 2.24) is 4.90 Å². The first-order valence-corrected chi connectivity index (χ1v) is 17.4. The van der Waals surface area contributed by atoms with E-state index in [0.29, 0.717) is 44.1 Å². The highest BCUT2D eigenvalue weighted by Crippen LogP contribution is 2.55. The number of rotatable bonds is 8. The van der Waals surface area contributed by atoms with Crippen molar-refractivity contribution in [2.75, 3.05) is 6.61 Å². The maximum atomic E-state index is 14.3. The summed E-state index contributed by atoms with van der Waals surface area (Å²) in [4.78, 5) is 31.0. The first-order valence-electron chi connectivity index (χ1n) is 16.3. The molecule has 0 saturated heterocycles. The van der Waals surface area contributed by atoms with Crippen LogP contribution >= 0.6 is 22.6 Å². The second kappa shape index (κ2) is 12.7. The lowest BCUT2D eigenvalue weighted by atomic mass is 9.63. The van der Waals surface area contributed by atoms with Gasteiger partial charge in [0.05, 0.1) is 10.2 Å². The van der Waals surface area contributed by atoms with Gasteiger partial charge in [0, 0.05) is 47.8 Å². The van der Waals surface area contributed by atoms with Gasteiger partial charge in [-0.15, -0.1) is 0 Å². The molecule has 0 atom stereocenters. The molecule has 0 unspecified atom stereocenters. The Kier molecular flexibility index (Phi) is 8.96. The first kappa shape index (κ1) is 32.5. The molecule has 240 valence electrons. The third-order valence-corrected chi connectivity index (χ3v) is 10.1. The van der Waals surface area contributed by atoms with Crippen molar-refractivity contribution in [2.45, 2.75) is 86.3 Å². The molecule has 6 heteroatoms. The third kappa shape index (κ3) is 6.55. The van der Waals surface area contributed by atoms with E-state index in [2.05, 4.69) is 111 Å². The zero-order chi connectivity index (χ0) is 32.8. The molecule has 0 bridgehead atoms. The highest BCUT2D eigenvalue weighted by atomic mass is 127. The van der Waals surface area contributed by atoms with Crippen LogP contribution in [0.15, 0.2) is 89.3 Å². The van der Waals surface area contributed by atoms with Gasteiger partial charge in [-0.2, -0.15) is 0 Å². The molecule has 3 aromatic rings. The largest absolute Gasteiger partial charge is 0.490 e. The molecule has 0 fully saturated rings. The van der Waals surface area contributed by atoms with E-state index in [4.69, 9.17) is 9.47 Å². The van der Waals surface area contributed by atoms with Gasteiger partial charge in [-0.25, -0.2) is 0 Å². The van der Waals surface area contributed by atoms with Gasteiger partial charge in [-0.05, 0) is 88.9 Å². The van der Waals surface area contributed by atoms with Gasteiger partial charge in [0.1, 0.15) is 6.61 Å². The minimum atomic E-state index is -0.442. The number of nitrogens with zero attached hydrogens (tertiary/aromatic N) is 1. The number of ether oxygens (including phenoxy) is 2. The molecule has 5 nitrogen and oxygen atoms in total. The zero-order valence-electron chi connectivity index (χ0n) is 27.8. The fraction of sp³-hybridized carbons (Fsp3) is 0.400. The number of hydrogen-bond donors (Lipinski definition) is 0. The minimum Gasteiger partial charge on any atom is -0.490 e. The number of Topliss-reactive ketones (excluding diaryl/α,β-unsaturated/α-hetero) is 2. The van der Waals surface area contributed by atoms with Crippen molar-refractivity contribution >= 4 is 34.2 Å². The average molecular weight is 730 g/mol. The number of allylic oxidation sites excluding steroid dienone is 4. The van der Waals surface area contributed by atoms with Crippen LogP contribution in [-0.2, 0) is 22.7 Å². The Hall–Kier alpha value is -3.39. The molecule has 0 N–H and O–H groups in total. The molecular formula is C40H44INO4. The Balaban J connectivity index is 1.51. The van der Waals surface area contributed by atoms with E-state index in [1.165, 1.54) is 5.56 Å². The highest BCUT2D eigenvalue weighted by molar-refractivity contribution is 14.1. The van der Waals surface area contributed by atoms with Crippen LogP contribution in [0.5, 0.6) is 11.5 Å². The number of carbonyl (C=O) groups is 2. The lowest BCUT2D eigenvalue weighted by Gasteiger charge is -2.49. The summed E-state index contributed by atoms with van der Waals surface area (Å²) in [7, 11) is 0. The van der Waals surface area contributed by atoms with Crippen molar-refractivity contribution in [3.63, 3.8) is 0 Å². The molecule has 0 saturated carbocycles. The maximum Gasteiger partial charge on any atom is 0.174 e. The number of hydrogen-bond acceptors (Lipinski definition) is 5. The number of aryl methyl sites for hydroxylation is 1. The van der Waals surface area contributed by atoms with Gasteiger partial charge in [0.2, 0.25) is 0 Å². The summed E-state index contributed by atoms with van der Waals surface area (Å²) in [5.74, 6) is 1.14. The molecule has 1 aliphatic heterocycles. The summed E-state index contributed by atoms with van der Waals surface area (Å²) >= 11 is 2.32. The fourth-order valence-electron chi connectivity index (χ4n) is 7.45. The molecule has 0 spiro atoms. The highest BCUT2D eigenvalue weighted by Gasteiger charge is 2.49. The molecular weight excluding hydrogens is 685 g/mol. The van der Waals surface area contributed by atoms with Crippen molar-refractivity contribution in [3.8, 4) is 11.5 Å². The normalized spacial score (nSPS) is 19.2. The molecule has 3 aliphatic rings. The predicted molar refractivity (Wildman–Crippen MR) is 191 cm³/mol. The quantitative estimate of drug-likeness (QED) is 0.216. The Morgan fingerprint density at radius 3 is 1.98 bits per heavy atom.